The van der Waals surface area contributed by atoms with Gasteiger partial charge in [-0.3, -0.25) is 0 Å². The van der Waals surface area contributed by atoms with Gasteiger partial charge in [0.1, 0.15) is 11.5 Å². The summed E-state index contributed by atoms with van der Waals surface area (Å²) in [5, 5.41) is 11.6. The second kappa shape index (κ2) is 29.1. The highest BCUT2D eigenvalue weighted by atomic mass is 32.1. The number of pyridine rings is 1. The van der Waals surface area contributed by atoms with Gasteiger partial charge in [-0.25, -0.2) is 4.79 Å². The molecule has 400 valence electrons. The van der Waals surface area contributed by atoms with Crippen molar-refractivity contribution in [1.29, 1.82) is 0 Å². The first-order valence-electron chi connectivity index (χ1n) is 28.7. The van der Waals surface area contributed by atoms with Crippen molar-refractivity contribution < 1.29 is 23.9 Å². The lowest BCUT2D eigenvalue weighted by atomic mass is 10.0. The monoisotopic (exact) mass is 1070 g/mol. The van der Waals surface area contributed by atoms with E-state index in [0.717, 1.165) is 97.5 Å². The van der Waals surface area contributed by atoms with E-state index in [1.54, 1.807) is 4.57 Å². The summed E-state index contributed by atoms with van der Waals surface area (Å²) in [6.07, 6.45) is 26.1. The van der Waals surface area contributed by atoms with Crippen LogP contribution in [0.15, 0.2) is 128 Å². The second-order valence-electron chi connectivity index (χ2n) is 20.5. The molecule has 4 heterocycles. The summed E-state index contributed by atoms with van der Waals surface area (Å²) < 4.78 is 13.9. The van der Waals surface area contributed by atoms with Crippen LogP contribution in [0.2, 0.25) is 0 Å². The molecule has 6 nitrogen and oxygen atoms in total. The highest BCUT2D eigenvalue weighted by Crippen LogP contribution is 2.49. The Morgan fingerprint density at radius 1 is 0.461 bits per heavy atom. The van der Waals surface area contributed by atoms with Gasteiger partial charge in [-0.1, -0.05) is 123 Å². The smallest absolute Gasteiger partial charge is 0.370 e. The molecule has 9 heteroatoms. The molecule has 0 amide bonds. The zero-order chi connectivity index (χ0) is 53.1. The van der Waals surface area contributed by atoms with E-state index < -0.39 is 5.97 Å². The van der Waals surface area contributed by atoms with Crippen molar-refractivity contribution in [1.82, 2.24) is 0 Å². The highest BCUT2D eigenvalue weighted by molar-refractivity contribution is 7.28. The molecule has 0 radical (unpaired) electrons. The Kier molecular flexibility index (Phi) is 21.6. The molecule has 0 spiro atoms. The molecule has 0 unspecified atom stereocenters. The van der Waals surface area contributed by atoms with E-state index in [9.17, 15) is 9.90 Å². The number of hydrogen-bond acceptors (Lipinski definition) is 7. The lowest BCUT2D eigenvalue weighted by molar-refractivity contribution is -0.684. The number of thiophene rings is 3. The normalized spacial score (nSPS) is 11.4. The van der Waals surface area contributed by atoms with Gasteiger partial charge in [-0.15, -0.1) is 34.0 Å². The van der Waals surface area contributed by atoms with Crippen LogP contribution >= 0.6 is 34.0 Å². The fraction of sp³-hybridized carbons (Fsp3) is 0.403. The molecule has 0 aliphatic heterocycles. The zero-order valence-electron chi connectivity index (χ0n) is 46.0. The third-order valence-corrected chi connectivity index (χ3v) is 18.3. The van der Waals surface area contributed by atoms with Crippen molar-refractivity contribution in [3.8, 4) is 51.9 Å². The summed E-state index contributed by atoms with van der Waals surface area (Å²) in [7, 11) is 0. The SMILES string of the molecule is CCCCCCc1cc(-c2sc(-c3sc(-c4ccc5c[n+](CC(=O)O)ccc5c4)cc3CCCCCC)cc2CCCCCC)sc1-c1ccc(N(c2ccc(OCCCC)cc2)c2ccc(OCCCC)cc2)cc1. The Morgan fingerprint density at radius 3 is 1.38 bits per heavy atom. The number of carbonyl (C=O) groups is 1. The van der Waals surface area contributed by atoms with Crippen molar-refractivity contribution in [3.63, 3.8) is 0 Å². The largest absolute Gasteiger partial charge is 0.494 e. The lowest BCUT2D eigenvalue weighted by Gasteiger charge is -2.26. The van der Waals surface area contributed by atoms with Crippen LogP contribution in [0.4, 0.5) is 17.1 Å². The lowest BCUT2D eigenvalue weighted by Crippen LogP contribution is -2.36. The summed E-state index contributed by atoms with van der Waals surface area (Å²) in [5.74, 6) is 0.955. The number of aryl methyl sites for hydroxylation is 3. The molecular formula is C67H81N2O4S3+. The Labute approximate surface area is 466 Å². The number of unbranched alkanes of at least 4 members (excludes halogenated alkanes) is 11. The number of anilines is 3. The summed E-state index contributed by atoms with van der Waals surface area (Å²) in [6, 6.07) is 42.7. The first kappa shape index (κ1) is 56.5. The molecular weight excluding hydrogens is 993 g/mol. The Morgan fingerprint density at radius 2 is 0.895 bits per heavy atom. The Bertz CT molecular complexity index is 2990. The van der Waals surface area contributed by atoms with E-state index in [2.05, 4.69) is 149 Å². The first-order chi connectivity index (χ1) is 37.3. The van der Waals surface area contributed by atoms with Crippen LogP contribution in [0.1, 0.15) is 154 Å². The molecule has 0 aliphatic carbocycles. The average Bonchev–Trinajstić information content (AvgIpc) is 4.21. The average molecular weight is 1070 g/mol. The molecule has 0 fully saturated rings. The van der Waals surface area contributed by atoms with Crippen molar-refractivity contribution in [2.24, 2.45) is 0 Å². The van der Waals surface area contributed by atoms with Gasteiger partial charge in [0.05, 0.1) is 13.2 Å². The maximum absolute atomic E-state index is 11.5. The topological polar surface area (TPSA) is 62.9 Å². The minimum Gasteiger partial charge on any atom is -0.494 e. The highest BCUT2D eigenvalue weighted by Gasteiger charge is 2.23. The van der Waals surface area contributed by atoms with Crippen molar-refractivity contribution in [2.75, 3.05) is 18.1 Å². The van der Waals surface area contributed by atoms with Crippen LogP contribution in [-0.4, -0.2) is 24.3 Å². The third-order valence-electron chi connectivity index (χ3n) is 14.3. The predicted octanol–water partition coefficient (Wildman–Crippen LogP) is 20.3. The minimum atomic E-state index is -0.840. The third kappa shape index (κ3) is 15.3. The summed E-state index contributed by atoms with van der Waals surface area (Å²) >= 11 is 5.95. The number of hydrogen-bond donors (Lipinski definition) is 1. The molecule has 4 aromatic heterocycles. The molecule has 8 rings (SSSR count). The number of aliphatic carboxylic acids is 1. The van der Waals surface area contributed by atoms with E-state index in [-0.39, 0.29) is 6.54 Å². The van der Waals surface area contributed by atoms with Gasteiger partial charge in [-0.2, -0.15) is 4.57 Å². The van der Waals surface area contributed by atoms with Gasteiger partial charge in [-0.05, 0) is 176 Å². The molecule has 1 N–H and O–H groups in total. The Balaban J connectivity index is 1.16. The van der Waals surface area contributed by atoms with Crippen LogP contribution in [0.25, 0.3) is 51.2 Å². The predicted molar refractivity (Wildman–Crippen MR) is 326 cm³/mol. The number of carboxylic acids is 1. The molecule has 0 aliphatic rings. The molecule has 8 aromatic rings. The van der Waals surface area contributed by atoms with Gasteiger partial charge >= 0.3 is 5.97 Å². The van der Waals surface area contributed by atoms with Gasteiger partial charge in [0.15, 0.2) is 12.4 Å². The van der Waals surface area contributed by atoms with Gasteiger partial charge in [0.2, 0.25) is 6.54 Å². The molecule has 76 heavy (non-hydrogen) atoms. The van der Waals surface area contributed by atoms with Gasteiger partial charge < -0.3 is 19.5 Å². The minimum absolute atomic E-state index is 0.0475. The number of nitrogens with zero attached hydrogens (tertiary/aromatic N) is 2. The molecule has 0 atom stereocenters. The molecule has 0 saturated heterocycles. The fourth-order valence-corrected chi connectivity index (χ4v) is 13.9. The van der Waals surface area contributed by atoms with Crippen LogP contribution < -0.4 is 18.9 Å². The molecule has 0 bridgehead atoms. The first-order valence-corrected chi connectivity index (χ1v) is 31.1. The fourth-order valence-electron chi connectivity index (χ4n) is 10.0. The van der Waals surface area contributed by atoms with E-state index in [0.29, 0.717) is 0 Å². The Hall–Kier alpha value is -5.74. The van der Waals surface area contributed by atoms with Crippen LogP contribution in [-0.2, 0) is 30.6 Å². The number of rotatable bonds is 32. The van der Waals surface area contributed by atoms with Gasteiger partial charge in [0.25, 0.3) is 0 Å². The summed E-state index contributed by atoms with van der Waals surface area (Å²) in [4.78, 5) is 22.1. The second-order valence-corrected chi connectivity index (χ2v) is 23.6. The summed E-state index contributed by atoms with van der Waals surface area (Å²) in [6.45, 7) is 12.7. The molecule has 0 saturated carbocycles. The van der Waals surface area contributed by atoms with Crippen LogP contribution in [0.3, 0.4) is 0 Å². The standard InChI is InChI=1S/C67H80N2O4S3/c1-6-11-16-19-22-52-45-62(75-65(52)49-27-29-56(30-28-49)69(57-31-35-59(36-32-57)72-41-14-9-4)58-33-37-60(38-34-58)73-42-15-10-5)67-54(24-21-18-13-8-3)46-63(76-67)66-53(23-20-17-12-7-2)44-61(74-66)51-25-26-55-47-68(48-64(70)71)40-39-50(55)43-51/h25-40,43-47H,6-24,41-42,48H2,1-5H3/p+1. The van der Waals surface area contributed by atoms with E-state index in [4.69, 9.17) is 9.47 Å². The maximum Gasteiger partial charge on any atom is 0.370 e. The van der Waals surface area contributed by atoms with Crippen LogP contribution in [0, 0.1) is 0 Å². The zero-order valence-corrected chi connectivity index (χ0v) is 48.4. The van der Waals surface area contributed by atoms with Crippen molar-refractivity contribution in [3.05, 3.63) is 144 Å². The van der Waals surface area contributed by atoms with E-state index in [1.165, 1.54) is 134 Å². The van der Waals surface area contributed by atoms with E-state index >= 15 is 0 Å². The van der Waals surface area contributed by atoms with E-state index in [1.807, 2.05) is 52.5 Å². The van der Waals surface area contributed by atoms with Crippen molar-refractivity contribution in [2.45, 2.75) is 163 Å². The number of benzene rings is 4. The number of aromatic nitrogens is 1. The number of ether oxygens (including phenoxy) is 2. The number of fused-ring (bicyclic) bond motifs is 1. The summed E-state index contributed by atoms with van der Waals surface area (Å²) in [5.41, 5.74) is 10.2. The van der Waals surface area contributed by atoms with Gasteiger partial charge in [0, 0.05) is 57.8 Å². The van der Waals surface area contributed by atoms with Crippen LogP contribution in [0.5, 0.6) is 11.5 Å². The maximum atomic E-state index is 11.5. The quantitative estimate of drug-likeness (QED) is 0.0336. The van der Waals surface area contributed by atoms with Crippen molar-refractivity contribution >= 4 is 67.8 Å². The number of carboxylic acid groups (broad SMARTS) is 1. The molecule has 4 aromatic carbocycles.